The summed E-state index contributed by atoms with van der Waals surface area (Å²) >= 11 is 0. The van der Waals surface area contributed by atoms with Gasteiger partial charge in [-0.25, -0.2) is 0 Å². The molecule has 4 N–H and O–H groups in total. The van der Waals surface area contributed by atoms with E-state index in [1.54, 1.807) is 31.2 Å². The summed E-state index contributed by atoms with van der Waals surface area (Å²) in [5.74, 6) is 0.136. The normalized spacial score (nSPS) is 18.1. The Morgan fingerprint density at radius 1 is 1.23 bits per heavy atom. The maximum absolute atomic E-state index is 12.2. The molecule has 7 nitrogen and oxygen atoms in total. The third kappa shape index (κ3) is 4.46. The van der Waals surface area contributed by atoms with E-state index in [2.05, 4.69) is 30.0 Å². The lowest BCUT2D eigenvalue weighted by atomic mass is 9.94. The molecule has 0 spiro atoms. The Hall–Kier alpha value is -3.32. The zero-order valence-corrected chi connectivity index (χ0v) is 17.6. The van der Waals surface area contributed by atoms with Gasteiger partial charge in [0.1, 0.15) is 5.75 Å². The molecule has 0 bridgehead atoms. The molecule has 2 amide bonds. The van der Waals surface area contributed by atoms with Crippen LogP contribution in [0.3, 0.4) is 0 Å². The molecule has 2 aromatic carbocycles. The van der Waals surface area contributed by atoms with Crippen LogP contribution in [0.4, 0.5) is 5.69 Å². The number of aliphatic hydroxyl groups is 1. The molecular formula is C23H27N3O4. The second-order valence-electron chi connectivity index (χ2n) is 7.73. The van der Waals surface area contributed by atoms with Gasteiger partial charge in [-0.2, -0.15) is 0 Å². The highest BCUT2D eigenvalue weighted by Crippen LogP contribution is 2.37. The molecule has 0 aromatic heterocycles. The van der Waals surface area contributed by atoms with Crippen LogP contribution >= 0.6 is 0 Å². The number of benzene rings is 2. The van der Waals surface area contributed by atoms with E-state index >= 15 is 0 Å². The molecular weight excluding hydrogens is 382 g/mol. The van der Waals surface area contributed by atoms with Gasteiger partial charge in [0, 0.05) is 16.9 Å². The zero-order valence-electron chi connectivity index (χ0n) is 17.6. The molecule has 0 saturated carbocycles. The van der Waals surface area contributed by atoms with E-state index in [1.807, 2.05) is 25.1 Å². The number of hydrogen-bond donors (Lipinski definition) is 4. The summed E-state index contributed by atoms with van der Waals surface area (Å²) in [6.07, 6.45) is 1.37. The highest BCUT2D eigenvalue weighted by Gasteiger charge is 2.43. The Bertz CT molecular complexity index is 1000. The number of nitrogens with one attached hydrogen (secondary N) is 3. The van der Waals surface area contributed by atoms with E-state index in [9.17, 15) is 14.7 Å². The topological polar surface area (TPSA) is 99.7 Å². The van der Waals surface area contributed by atoms with Gasteiger partial charge >= 0.3 is 0 Å². The summed E-state index contributed by atoms with van der Waals surface area (Å²) in [7, 11) is 0. The van der Waals surface area contributed by atoms with Gasteiger partial charge in [0.25, 0.3) is 11.8 Å². The number of carbonyl (C=O) groups is 2. The number of rotatable bonds is 7. The molecule has 158 valence electrons. The standard InChI is InChI=1S/C23H27N3O4/c1-14(2)17-9-10-20(15(3)11-17)30-13-21(27)26-25-16(4)12-23(29)18-7-5-6-8-19(18)24-22(23)28/h5-12,14,25,29H,13H2,1-4H3,(H,24,28)(H,26,27)/b16-12+/t23-/m1/s1. The van der Waals surface area contributed by atoms with Gasteiger partial charge in [0.2, 0.25) is 0 Å². The predicted molar refractivity (Wildman–Crippen MR) is 115 cm³/mol. The average molecular weight is 409 g/mol. The molecule has 1 aliphatic heterocycles. The molecule has 0 fully saturated rings. The summed E-state index contributed by atoms with van der Waals surface area (Å²) in [6.45, 7) is 7.65. The van der Waals surface area contributed by atoms with Crippen molar-refractivity contribution in [2.75, 3.05) is 11.9 Å². The second kappa shape index (κ2) is 8.59. The van der Waals surface area contributed by atoms with Crippen LogP contribution in [0, 0.1) is 6.92 Å². The minimum Gasteiger partial charge on any atom is -0.483 e. The average Bonchev–Trinajstić information content (AvgIpc) is 2.95. The van der Waals surface area contributed by atoms with Crippen molar-refractivity contribution in [1.29, 1.82) is 0 Å². The van der Waals surface area contributed by atoms with E-state index in [4.69, 9.17) is 4.74 Å². The Labute approximate surface area is 176 Å². The number of hydrazine groups is 1. The number of fused-ring (bicyclic) bond motifs is 1. The Morgan fingerprint density at radius 3 is 2.67 bits per heavy atom. The van der Waals surface area contributed by atoms with Crippen LogP contribution in [-0.4, -0.2) is 23.5 Å². The van der Waals surface area contributed by atoms with Crippen molar-refractivity contribution < 1.29 is 19.4 Å². The van der Waals surface area contributed by atoms with Crippen molar-refractivity contribution in [3.05, 3.63) is 70.9 Å². The van der Waals surface area contributed by atoms with Crippen LogP contribution < -0.4 is 20.9 Å². The van der Waals surface area contributed by atoms with Gasteiger partial charge < -0.3 is 20.6 Å². The highest BCUT2D eigenvalue weighted by atomic mass is 16.5. The first-order valence-corrected chi connectivity index (χ1v) is 9.81. The maximum atomic E-state index is 12.2. The van der Waals surface area contributed by atoms with E-state index in [-0.39, 0.29) is 6.61 Å². The molecule has 7 heteroatoms. The Kier molecular flexibility index (Phi) is 6.12. The lowest BCUT2D eigenvalue weighted by molar-refractivity contribution is -0.129. The Balaban J connectivity index is 1.57. The van der Waals surface area contributed by atoms with E-state index in [0.717, 1.165) is 5.56 Å². The van der Waals surface area contributed by atoms with Crippen LogP contribution in [0.5, 0.6) is 5.75 Å². The van der Waals surface area contributed by atoms with Crippen molar-refractivity contribution in [1.82, 2.24) is 10.9 Å². The van der Waals surface area contributed by atoms with E-state index < -0.39 is 17.4 Å². The molecule has 2 aromatic rings. The molecule has 3 rings (SSSR count). The maximum Gasteiger partial charge on any atom is 0.276 e. The fourth-order valence-electron chi connectivity index (χ4n) is 3.30. The van der Waals surface area contributed by atoms with Gasteiger partial charge in [-0.15, -0.1) is 0 Å². The number of ether oxygens (including phenoxy) is 1. The van der Waals surface area contributed by atoms with Crippen molar-refractivity contribution in [3.8, 4) is 5.75 Å². The second-order valence-corrected chi connectivity index (χ2v) is 7.73. The molecule has 0 unspecified atom stereocenters. The first-order valence-electron chi connectivity index (χ1n) is 9.81. The highest BCUT2D eigenvalue weighted by molar-refractivity contribution is 6.06. The first kappa shape index (κ1) is 21.4. The fraction of sp³-hybridized carbons (Fsp3) is 0.304. The largest absolute Gasteiger partial charge is 0.483 e. The monoisotopic (exact) mass is 409 g/mol. The van der Waals surface area contributed by atoms with Gasteiger partial charge in [-0.3, -0.25) is 15.0 Å². The lowest BCUT2D eigenvalue weighted by Gasteiger charge is -2.18. The van der Waals surface area contributed by atoms with Crippen molar-refractivity contribution in [2.45, 2.75) is 39.2 Å². The van der Waals surface area contributed by atoms with Crippen LogP contribution in [0.2, 0.25) is 0 Å². The molecule has 30 heavy (non-hydrogen) atoms. The minimum absolute atomic E-state index is 0.171. The van der Waals surface area contributed by atoms with Gasteiger partial charge in [0.05, 0.1) is 0 Å². The van der Waals surface area contributed by atoms with Crippen LogP contribution in [0.25, 0.3) is 0 Å². The fourth-order valence-corrected chi connectivity index (χ4v) is 3.30. The molecule has 0 aliphatic carbocycles. The summed E-state index contributed by atoms with van der Waals surface area (Å²) in [6, 6.07) is 12.8. The lowest BCUT2D eigenvalue weighted by Crippen LogP contribution is -2.40. The smallest absolute Gasteiger partial charge is 0.276 e. The summed E-state index contributed by atoms with van der Waals surface area (Å²) in [4.78, 5) is 24.4. The third-order valence-corrected chi connectivity index (χ3v) is 4.98. The van der Waals surface area contributed by atoms with Crippen molar-refractivity contribution >= 4 is 17.5 Å². The Morgan fingerprint density at radius 2 is 1.97 bits per heavy atom. The van der Waals surface area contributed by atoms with Crippen molar-refractivity contribution in [3.63, 3.8) is 0 Å². The quantitative estimate of drug-likeness (QED) is 0.527. The first-order chi connectivity index (χ1) is 14.2. The van der Waals surface area contributed by atoms with Crippen LogP contribution in [0.15, 0.2) is 54.2 Å². The number of hydrogen-bond acceptors (Lipinski definition) is 5. The molecule has 0 saturated heterocycles. The number of carbonyl (C=O) groups excluding carboxylic acids is 2. The molecule has 0 radical (unpaired) electrons. The molecule has 1 heterocycles. The SMILES string of the molecule is C/C(=C\[C@]1(O)C(=O)Nc2ccccc21)NNC(=O)COc1ccc(C(C)C)cc1C. The van der Waals surface area contributed by atoms with E-state index in [0.29, 0.717) is 28.6 Å². The number of para-hydroxylation sites is 1. The third-order valence-electron chi connectivity index (χ3n) is 4.98. The van der Waals surface area contributed by atoms with E-state index in [1.165, 1.54) is 11.6 Å². The van der Waals surface area contributed by atoms with Crippen LogP contribution in [0.1, 0.15) is 43.4 Å². The predicted octanol–water partition coefficient (Wildman–Crippen LogP) is 2.86. The van der Waals surface area contributed by atoms with Crippen LogP contribution in [-0.2, 0) is 15.2 Å². The summed E-state index contributed by atoms with van der Waals surface area (Å²) in [5.41, 5.74) is 7.02. The number of amides is 2. The summed E-state index contributed by atoms with van der Waals surface area (Å²) in [5, 5.41) is 13.5. The molecule has 1 atom stereocenters. The summed E-state index contributed by atoms with van der Waals surface area (Å²) < 4.78 is 5.60. The van der Waals surface area contributed by atoms with Gasteiger partial charge in [-0.1, -0.05) is 44.2 Å². The minimum atomic E-state index is -1.80. The number of allylic oxidation sites excluding steroid dienone is 1. The zero-order chi connectivity index (χ0) is 21.9. The number of aryl methyl sites for hydroxylation is 1. The van der Waals surface area contributed by atoms with Gasteiger partial charge in [0.15, 0.2) is 12.2 Å². The van der Waals surface area contributed by atoms with Gasteiger partial charge in [-0.05, 0) is 49.1 Å². The van der Waals surface area contributed by atoms with Crippen molar-refractivity contribution in [2.24, 2.45) is 0 Å². The molecule has 1 aliphatic rings. The number of anilines is 1.